The van der Waals surface area contributed by atoms with Crippen molar-refractivity contribution in [2.75, 3.05) is 0 Å². The Hall–Kier alpha value is -0.890. The Kier molecular flexibility index (Phi) is 4.99. The van der Waals surface area contributed by atoms with Gasteiger partial charge in [0.25, 0.3) is 0 Å². The van der Waals surface area contributed by atoms with Gasteiger partial charge in [-0.25, -0.2) is 0 Å². The van der Waals surface area contributed by atoms with Gasteiger partial charge in [0.1, 0.15) is 0 Å². The first-order valence-corrected chi connectivity index (χ1v) is 6.99. The van der Waals surface area contributed by atoms with E-state index in [4.69, 9.17) is 5.73 Å². The molecule has 17 heavy (non-hydrogen) atoms. The van der Waals surface area contributed by atoms with Crippen molar-refractivity contribution >= 4 is 0 Å². The fourth-order valence-corrected chi connectivity index (χ4v) is 2.93. The topological polar surface area (TPSA) is 38.9 Å². The minimum atomic E-state index is 0.308. The van der Waals surface area contributed by atoms with Crippen LogP contribution >= 0.6 is 0 Å². The number of aromatic nitrogens is 1. The van der Waals surface area contributed by atoms with Crippen molar-refractivity contribution in [3.05, 3.63) is 30.1 Å². The van der Waals surface area contributed by atoms with Gasteiger partial charge in [-0.2, -0.15) is 0 Å². The molecule has 2 rings (SSSR count). The van der Waals surface area contributed by atoms with Crippen LogP contribution in [0, 0.1) is 5.92 Å². The van der Waals surface area contributed by atoms with E-state index in [1.54, 1.807) is 0 Å². The van der Waals surface area contributed by atoms with Gasteiger partial charge in [-0.1, -0.05) is 44.6 Å². The van der Waals surface area contributed by atoms with E-state index in [2.05, 4.69) is 11.1 Å². The van der Waals surface area contributed by atoms with Gasteiger partial charge in [-0.05, 0) is 30.4 Å². The summed E-state index contributed by atoms with van der Waals surface area (Å²) >= 11 is 0. The molecule has 0 radical (unpaired) electrons. The molecule has 0 amide bonds. The first-order chi connectivity index (χ1) is 8.34. The van der Waals surface area contributed by atoms with E-state index in [9.17, 15) is 0 Å². The van der Waals surface area contributed by atoms with Gasteiger partial charge < -0.3 is 5.73 Å². The summed E-state index contributed by atoms with van der Waals surface area (Å²) in [6, 6.07) is 4.43. The third kappa shape index (κ3) is 4.47. The highest BCUT2D eigenvalue weighted by atomic mass is 14.6. The fourth-order valence-electron chi connectivity index (χ4n) is 2.93. The molecule has 2 N–H and O–H groups in total. The maximum atomic E-state index is 6.26. The molecule has 0 spiro atoms. The lowest BCUT2D eigenvalue weighted by atomic mass is 9.90. The highest BCUT2D eigenvalue weighted by molar-refractivity contribution is 5.09. The summed E-state index contributed by atoms with van der Waals surface area (Å²) in [5, 5.41) is 0. The zero-order valence-electron chi connectivity index (χ0n) is 10.6. The van der Waals surface area contributed by atoms with Gasteiger partial charge in [-0.3, -0.25) is 4.98 Å². The van der Waals surface area contributed by atoms with E-state index in [0.29, 0.717) is 6.04 Å². The molecular formula is C15H24N2. The van der Waals surface area contributed by atoms with Crippen molar-refractivity contribution in [3.8, 4) is 0 Å². The van der Waals surface area contributed by atoms with Crippen LogP contribution in [0.15, 0.2) is 24.5 Å². The average molecular weight is 232 g/mol. The molecule has 1 saturated carbocycles. The average Bonchev–Trinajstić information content (AvgIpc) is 2.59. The Morgan fingerprint density at radius 2 is 2.00 bits per heavy atom. The van der Waals surface area contributed by atoms with Crippen molar-refractivity contribution < 1.29 is 0 Å². The van der Waals surface area contributed by atoms with E-state index >= 15 is 0 Å². The standard InChI is InChI=1S/C15H24N2/c16-15(11-14-8-5-9-17-12-14)10-13-6-3-1-2-4-7-13/h5,8-9,12-13,15H,1-4,6-7,10-11,16H2. The predicted molar refractivity (Wildman–Crippen MR) is 71.7 cm³/mol. The third-order valence-electron chi connectivity index (χ3n) is 3.83. The molecule has 1 unspecified atom stereocenters. The Balaban J connectivity index is 1.78. The van der Waals surface area contributed by atoms with Gasteiger partial charge in [0.05, 0.1) is 0 Å². The second-order valence-electron chi connectivity index (χ2n) is 5.42. The molecule has 94 valence electrons. The van der Waals surface area contributed by atoms with Crippen LogP contribution in [0.5, 0.6) is 0 Å². The first-order valence-electron chi connectivity index (χ1n) is 6.99. The summed E-state index contributed by atoms with van der Waals surface area (Å²) in [5.41, 5.74) is 7.53. The van der Waals surface area contributed by atoms with E-state index < -0.39 is 0 Å². The maximum Gasteiger partial charge on any atom is 0.0300 e. The van der Waals surface area contributed by atoms with E-state index in [0.717, 1.165) is 12.3 Å². The number of hydrogen-bond acceptors (Lipinski definition) is 2. The summed E-state index contributed by atoms with van der Waals surface area (Å²) in [6.07, 6.45) is 14.4. The predicted octanol–water partition coefficient (Wildman–Crippen LogP) is 3.31. The van der Waals surface area contributed by atoms with E-state index in [-0.39, 0.29) is 0 Å². The Labute approximate surface area is 105 Å². The van der Waals surface area contributed by atoms with Crippen molar-refractivity contribution in [3.63, 3.8) is 0 Å². The molecule has 1 heterocycles. The number of nitrogens with two attached hydrogens (primary N) is 1. The van der Waals surface area contributed by atoms with Gasteiger partial charge in [-0.15, -0.1) is 0 Å². The molecule has 0 aromatic carbocycles. The first kappa shape index (κ1) is 12.6. The Bertz CT molecular complexity index is 302. The number of hydrogen-bond donors (Lipinski definition) is 1. The summed E-state index contributed by atoms with van der Waals surface area (Å²) in [5.74, 6) is 0.865. The molecule has 0 bridgehead atoms. The normalized spacial score (nSPS) is 19.8. The molecule has 0 saturated heterocycles. The molecule has 2 heteroatoms. The van der Waals surface area contributed by atoms with Crippen LogP contribution in [0.3, 0.4) is 0 Å². The van der Waals surface area contributed by atoms with Gasteiger partial charge in [0.15, 0.2) is 0 Å². The molecule has 1 atom stereocenters. The second-order valence-corrected chi connectivity index (χ2v) is 5.42. The fraction of sp³-hybridized carbons (Fsp3) is 0.667. The van der Waals surface area contributed by atoms with Crippen LogP contribution in [0.1, 0.15) is 50.5 Å². The molecule has 1 aromatic heterocycles. The van der Waals surface area contributed by atoms with Crippen LogP contribution in [0.4, 0.5) is 0 Å². The lowest BCUT2D eigenvalue weighted by molar-refractivity contribution is 0.387. The smallest absolute Gasteiger partial charge is 0.0300 e. The Morgan fingerprint density at radius 1 is 1.24 bits per heavy atom. The van der Waals surface area contributed by atoms with E-state index in [1.165, 1.54) is 50.5 Å². The minimum absolute atomic E-state index is 0.308. The van der Waals surface area contributed by atoms with Crippen LogP contribution in [-0.2, 0) is 6.42 Å². The second kappa shape index (κ2) is 6.75. The molecule has 0 aliphatic heterocycles. The zero-order valence-corrected chi connectivity index (χ0v) is 10.6. The van der Waals surface area contributed by atoms with Crippen LogP contribution in [-0.4, -0.2) is 11.0 Å². The quantitative estimate of drug-likeness (QED) is 0.809. The molecule has 1 aromatic rings. The van der Waals surface area contributed by atoms with Crippen LogP contribution in [0.2, 0.25) is 0 Å². The zero-order chi connectivity index (χ0) is 11.9. The van der Waals surface area contributed by atoms with E-state index in [1.807, 2.05) is 18.5 Å². The summed E-state index contributed by atoms with van der Waals surface area (Å²) in [6.45, 7) is 0. The highest BCUT2D eigenvalue weighted by Gasteiger charge is 2.15. The van der Waals surface area contributed by atoms with Crippen molar-refractivity contribution in [2.45, 2.75) is 57.4 Å². The molecule has 1 aliphatic rings. The number of nitrogens with zero attached hydrogens (tertiary/aromatic N) is 1. The Morgan fingerprint density at radius 3 is 2.65 bits per heavy atom. The van der Waals surface area contributed by atoms with Crippen molar-refractivity contribution in [1.82, 2.24) is 4.98 Å². The highest BCUT2D eigenvalue weighted by Crippen LogP contribution is 2.26. The molecular weight excluding hydrogens is 208 g/mol. The SMILES string of the molecule is NC(Cc1cccnc1)CC1CCCCCC1. The lowest BCUT2D eigenvalue weighted by Crippen LogP contribution is -2.26. The van der Waals surface area contributed by atoms with Gasteiger partial charge in [0.2, 0.25) is 0 Å². The molecule has 2 nitrogen and oxygen atoms in total. The third-order valence-corrected chi connectivity index (χ3v) is 3.83. The summed E-state index contributed by atoms with van der Waals surface area (Å²) in [7, 11) is 0. The molecule has 1 fully saturated rings. The number of rotatable bonds is 4. The maximum absolute atomic E-state index is 6.26. The summed E-state index contributed by atoms with van der Waals surface area (Å²) in [4.78, 5) is 4.14. The van der Waals surface area contributed by atoms with Crippen LogP contribution in [0.25, 0.3) is 0 Å². The van der Waals surface area contributed by atoms with Gasteiger partial charge >= 0.3 is 0 Å². The van der Waals surface area contributed by atoms with Crippen molar-refractivity contribution in [1.29, 1.82) is 0 Å². The van der Waals surface area contributed by atoms with Crippen molar-refractivity contribution in [2.24, 2.45) is 11.7 Å². The lowest BCUT2D eigenvalue weighted by Gasteiger charge is -2.19. The largest absolute Gasteiger partial charge is 0.327 e. The number of pyridine rings is 1. The summed E-state index contributed by atoms with van der Waals surface area (Å²) < 4.78 is 0. The minimum Gasteiger partial charge on any atom is -0.327 e. The molecule has 1 aliphatic carbocycles. The van der Waals surface area contributed by atoms with Crippen LogP contribution < -0.4 is 5.73 Å². The monoisotopic (exact) mass is 232 g/mol. The van der Waals surface area contributed by atoms with Gasteiger partial charge in [0, 0.05) is 18.4 Å².